The first-order valence-electron chi connectivity index (χ1n) is 6.43. The van der Waals surface area contributed by atoms with Crippen molar-refractivity contribution in [2.24, 2.45) is 0 Å². The van der Waals surface area contributed by atoms with E-state index >= 15 is 0 Å². The van der Waals surface area contributed by atoms with Gasteiger partial charge >= 0.3 is 5.97 Å². The van der Waals surface area contributed by atoms with E-state index in [-0.39, 0.29) is 6.04 Å². The van der Waals surface area contributed by atoms with Crippen LogP contribution in [0.5, 0.6) is 0 Å². The smallest absolute Gasteiger partial charge is 0.320 e. The first-order chi connectivity index (χ1) is 7.72. The van der Waals surface area contributed by atoms with Gasteiger partial charge in [-0.2, -0.15) is 0 Å². The highest BCUT2D eigenvalue weighted by molar-refractivity contribution is 5.73. The summed E-state index contributed by atoms with van der Waals surface area (Å²) >= 11 is 0. The van der Waals surface area contributed by atoms with Gasteiger partial charge in [0.2, 0.25) is 0 Å². The molecule has 2 unspecified atom stereocenters. The van der Waals surface area contributed by atoms with E-state index in [4.69, 9.17) is 5.11 Å². The Balaban J connectivity index is 1.95. The molecule has 92 valence electrons. The molecule has 0 radical (unpaired) electrons. The fraction of sp³-hybridized carbons (Fsp3) is 0.917. The molecule has 0 aliphatic carbocycles. The molecule has 1 N–H and O–H groups in total. The van der Waals surface area contributed by atoms with Crippen molar-refractivity contribution in [1.29, 1.82) is 0 Å². The third-order valence-corrected chi connectivity index (χ3v) is 3.98. The van der Waals surface area contributed by atoms with Gasteiger partial charge in [-0.25, -0.2) is 0 Å². The van der Waals surface area contributed by atoms with Crippen LogP contribution in [0.2, 0.25) is 0 Å². The third-order valence-electron chi connectivity index (χ3n) is 3.98. The van der Waals surface area contributed by atoms with Crippen molar-refractivity contribution in [3.8, 4) is 0 Å². The molecule has 2 fully saturated rings. The van der Waals surface area contributed by atoms with Crippen molar-refractivity contribution in [3.05, 3.63) is 0 Å². The molecule has 0 saturated carbocycles. The summed E-state index contributed by atoms with van der Waals surface area (Å²) in [6, 6.07) is 0.333. The number of carbonyl (C=O) groups is 1. The predicted octanol–water partition coefficient (Wildman–Crippen LogP) is 1.02. The molecule has 16 heavy (non-hydrogen) atoms. The number of rotatable bonds is 3. The average Bonchev–Trinajstić information content (AvgIpc) is 2.29. The Kier molecular flexibility index (Phi) is 3.82. The number of piperidine rings is 1. The van der Waals surface area contributed by atoms with E-state index in [0.717, 1.165) is 19.6 Å². The number of nitrogens with zero attached hydrogens (tertiary/aromatic N) is 2. The summed E-state index contributed by atoms with van der Waals surface area (Å²) in [6.07, 6.45) is 4.57. The molecule has 4 nitrogen and oxygen atoms in total. The normalized spacial score (nSPS) is 29.7. The number of fused-ring (bicyclic) bond motifs is 1. The Bertz CT molecular complexity index is 257. The van der Waals surface area contributed by atoms with Crippen molar-refractivity contribution in [2.75, 3.05) is 26.2 Å². The molecule has 2 aliphatic rings. The molecule has 4 heteroatoms. The lowest BCUT2D eigenvalue weighted by Crippen LogP contribution is -2.58. The topological polar surface area (TPSA) is 43.8 Å². The zero-order chi connectivity index (χ0) is 11.5. The van der Waals surface area contributed by atoms with Crippen molar-refractivity contribution in [1.82, 2.24) is 9.80 Å². The second-order valence-electron chi connectivity index (χ2n) is 4.94. The summed E-state index contributed by atoms with van der Waals surface area (Å²) in [5.41, 5.74) is 0. The molecule has 2 aliphatic heterocycles. The number of piperazine rings is 1. The van der Waals surface area contributed by atoms with Crippen LogP contribution in [0.3, 0.4) is 0 Å². The van der Waals surface area contributed by atoms with Crippen molar-refractivity contribution in [2.45, 2.75) is 44.7 Å². The highest BCUT2D eigenvalue weighted by atomic mass is 16.4. The number of carboxylic acids is 1. The van der Waals surface area contributed by atoms with Gasteiger partial charge in [0.05, 0.1) is 0 Å². The van der Waals surface area contributed by atoms with E-state index in [1.807, 2.05) is 6.92 Å². The largest absolute Gasteiger partial charge is 0.480 e. The van der Waals surface area contributed by atoms with Gasteiger partial charge in [-0.3, -0.25) is 14.6 Å². The van der Waals surface area contributed by atoms with Crippen molar-refractivity contribution < 1.29 is 9.90 Å². The molecule has 2 saturated heterocycles. The zero-order valence-electron chi connectivity index (χ0n) is 10.1. The summed E-state index contributed by atoms with van der Waals surface area (Å²) < 4.78 is 0. The lowest BCUT2D eigenvalue weighted by molar-refractivity contribution is -0.145. The molecular weight excluding hydrogens is 204 g/mol. The van der Waals surface area contributed by atoms with Crippen LogP contribution in [-0.4, -0.2) is 59.1 Å². The van der Waals surface area contributed by atoms with Crippen LogP contribution in [0, 0.1) is 0 Å². The fourth-order valence-electron chi connectivity index (χ4n) is 3.05. The van der Waals surface area contributed by atoms with Crippen molar-refractivity contribution in [3.63, 3.8) is 0 Å². The monoisotopic (exact) mass is 226 g/mol. The van der Waals surface area contributed by atoms with E-state index in [0.29, 0.717) is 12.5 Å². The van der Waals surface area contributed by atoms with Gasteiger partial charge in [0.25, 0.3) is 0 Å². The minimum Gasteiger partial charge on any atom is -0.480 e. The molecule has 0 spiro atoms. The van der Waals surface area contributed by atoms with Crippen molar-refractivity contribution >= 4 is 5.97 Å². The molecule has 2 atom stereocenters. The molecule has 0 aromatic heterocycles. The number of hydrogen-bond donors (Lipinski definition) is 1. The Labute approximate surface area is 97.2 Å². The molecule has 0 aromatic carbocycles. The average molecular weight is 226 g/mol. The maximum Gasteiger partial charge on any atom is 0.320 e. The van der Waals surface area contributed by atoms with E-state index in [1.54, 1.807) is 0 Å². The second kappa shape index (κ2) is 5.15. The highest BCUT2D eigenvalue weighted by Crippen LogP contribution is 2.22. The SMILES string of the molecule is CCC(C(=O)O)N1CCN2CCCCC2C1. The van der Waals surface area contributed by atoms with Gasteiger partial charge in [-0.15, -0.1) is 0 Å². The summed E-state index contributed by atoms with van der Waals surface area (Å²) in [5.74, 6) is -0.660. The molecular formula is C12H22N2O2. The Hall–Kier alpha value is -0.610. The van der Waals surface area contributed by atoms with Gasteiger partial charge in [0.1, 0.15) is 6.04 Å². The maximum absolute atomic E-state index is 11.1. The van der Waals surface area contributed by atoms with Gasteiger partial charge in [0.15, 0.2) is 0 Å². The molecule has 0 aromatic rings. The van der Waals surface area contributed by atoms with E-state index in [1.165, 1.54) is 25.8 Å². The maximum atomic E-state index is 11.1. The molecule has 0 bridgehead atoms. The first-order valence-corrected chi connectivity index (χ1v) is 6.43. The van der Waals surface area contributed by atoms with Crippen LogP contribution in [0.4, 0.5) is 0 Å². The van der Waals surface area contributed by atoms with E-state index in [9.17, 15) is 4.79 Å². The molecule has 2 heterocycles. The number of carboxylic acid groups (broad SMARTS) is 1. The highest BCUT2D eigenvalue weighted by Gasteiger charge is 2.33. The first kappa shape index (κ1) is 11.9. The second-order valence-corrected chi connectivity index (χ2v) is 4.94. The molecule has 0 amide bonds. The van der Waals surface area contributed by atoms with Crippen LogP contribution in [0.25, 0.3) is 0 Å². The zero-order valence-corrected chi connectivity index (χ0v) is 10.1. The third kappa shape index (κ3) is 2.38. The summed E-state index contributed by atoms with van der Waals surface area (Å²) in [5, 5.41) is 9.17. The van der Waals surface area contributed by atoms with Crippen LogP contribution >= 0.6 is 0 Å². The standard InChI is InChI=1S/C12H22N2O2/c1-2-11(12(15)16)14-8-7-13-6-4-3-5-10(13)9-14/h10-11H,2-9H2,1H3,(H,15,16). The van der Waals surface area contributed by atoms with Gasteiger partial charge in [0, 0.05) is 25.7 Å². The summed E-state index contributed by atoms with van der Waals surface area (Å²) in [6.45, 7) is 6.09. The summed E-state index contributed by atoms with van der Waals surface area (Å²) in [7, 11) is 0. The minimum atomic E-state index is -0.660. The van der Waals surface area contributed by atoms with Crippen LogP contribution in [0.1, 0.15) is 32.6 Å². The quantitative estimate of drug-likeness (QED) is 0.780. The number of aliphatic carboxylic acids is 1. The Morgan fingerprint density at radius 1 is 1.38 bits per heavy atom. The Morgan fingerprint density at radius 3 is 2.88 bits per heavy atom. The fourth-order valence-corrected chi connectivity index (χ4v) is 3.05. The van der Waals surface area contributed by atoms with Crippen LogP contribution in [-0.2, 0) is 4.79 Å². The van der Waals surface area contributed by atoms with Gasteiger partial charge in [-0.1, -0.05) is 13.3 Å². The van der Waals surface area contributed by atoms with Crippen LogP contribution < -0.4 is 0 Å². The summed E-state index contributed by atoms with van der Waals surface area (Å²) in [4.78, 5) is 15.8. The van der Waals surface area contributed by atoms with Gasteiger partial charge < -0.3 is 5.11 Å². The lowest BCUT2D eigenvalue weighted by Gasteiger charge is -2.45. The van der Waals surface area contributed by atoms with Gasteiger partial charge in [-0.05, 0) is 25.8 Å². The van der Waals surface area contributed by atoms with E-state index < -0.39 is 5.97 Å². The van der Waals surface area contributed by atoms with Crippen LogP contribution in [0.15, 0.2) is 0 Å². The minimum absolute atomic E-state index is 0.274. The molecule has 2 rings (SSSR count). The predicted molar refractivity (Wildman–Crippen MR) is 62.5 cm³/mol. The lowest BCUT2D eigenvalue weighted by atomic mass is 9.98. The Morgan fingerprint density at radius 2 is 2.19 bits per heavy atom. The van der Waals surface area contributed by atoms with E-state index in [2.05, 4.69) is 9.80 Å². The number of hydrogen-bond acceptors (Lipinski definition) is 3.